The number of carbonyl (C=O) groups is 1. The minimum absolute atomic E-state index is 0.0853. The Balaban J connectivity index is 2.43. The first-order valence-electron chi connectivity index (χ1n) is 5.26. The average molecular weight is 218 g/mol. The monoisotopic (exact) mass is 218 g/mol. The Morgan fingerprint density at radius 2 is 2.31 bits per heavy atom. The normalized spacial score (nSPS) is 19.6. The molecule has 1 aliphatic heterocycles. The summed E-state index contributed by atoms with van der Waals surface area (Å²) in [6.45, 7) is 2.51. The van der Waals surface area contributed by atoms with Crippen LogP contribution in [0.2, 0.25) is 0 Å². The van der Waals surface area contributed by atoms with Crippen LogP contribution in [-0.2, 0) is 0 Å². The van der Waals surface area contributed by atoms with Crippen LogP contribution in [0.15, 0.2) is 24.3 Å². The van der Waals surface area contributed by atoms with Gasteiger partial charge >= 0.3 is 0 Å². The molecule has 4 heteroatoms. The standard InChI is InChI=1S/C12H11FN2O/c1-7-6-14-12(16)10-5-8-3-2-4-9(13)11(8)15(7)10/h2-5,7H,6H2,1H3,(H,14,16)/t7-/m1/s1. The topological polar surface area (TPSA) is 34.0 Å². The number of hydrogen-bond donors (Lipinski definition) is 1. The maximum absolute atomic E-state index is 13.8. The fourth-order valence-corrected chi connectivity index (χ4v) is 2.29. The molecule has 3 nitrogen and oxygen atoms in total. The second-order valence-electron chi connectivity index (χ2n) is 4.14. The van der Waals surface area contributed by atoms with E-state index in [-0.39, 0.29) is 17.8 Å². The number of nitrogens with one attached hydrogen (secondary N) is 1. The Kier molecular flexibility index (Phi) is 1.80. The van der Waals surface area contributed by atoms with Crippen LogP contribution in [0.3, 0.4) is 0 Å². The maximum atomic E-state index is 13.8. The number of hydrogen-bond acceptors (Lipinski definition) is 1. The van der Waals surface area contributed by atoms with Gasteiger partial charge < -0.3 is 9.88 Å². The molecule has 16 heavy (non-hydrogen) atoms. The SMILES string of the molecule is C[C@@H]1CNC(=O)c2cc3cccc(F)c3n21. The highest BCUT2D eigenvalue weighted by Crippen LogP contribution is 2.28. The molecule has 0 aliphatic carbocycles. The summed E-state index contributed by atoms with van der Waals surface area (Å²) in [5, 5.41) is 3.56. The van der Waals surface area contributed by atoms with Crippen LogP contribution in [-0.4, -0.2) is 17.0 Å². The van der Waals surface area contributed by atoms with Gasteiger partial charge in [0.25, 0.3) is 5.91 Å². The summed E-state index contributed by atoms with van der Waals surface area (Å²) in [4.78, 5) is 11.7. The van der Waals surface area contributed by atoms with Gasteiger partial charge in [-0.2, -0.15) is 0 Å². The molecule has 0 fully saturated rings. The molecular weight excluding hydrogens is 207 g/mol. The average Bonchev–Trinajstić information content (AvgIpc) is 2.65. The Morgan fingerprint density at radius 3 is 3.12 bits per heavy atom. The van der Waals surface area contributed by atoms with Gasteiger partial charge in [-0.05, 0) is 19.1 Å². The summed E-state index contributed by atoms with van der Waals surface area (Å²) in [7, 11) is 0. The Labute approximate surface area is 91.9 Å². The van der Waals surface area contributed by atoms with Gasteiger partial charge in [0.1, 0.15) is 11.5 Å². The summed E-state index contributed by atoms with van der Waals surface area (Å²) in [6, 6.07) is 6.73. The number of para-hydroxylation sites is 1. The van der Waals surface area contributed by atoms with Crippen molar-refractivity contribution in [3.05, 3.63) is 35.8 Å². The van der Waals surface area contributed by atoms with E-state index in [0.717, 1.165) is 5.39 Å². The Hall–Kier alpha value is -1.84. The van der Waals surface area contributed by atoms with Gasteiger partial charge in [-0.25, -0.2) is 4.39 Å². The van der Waals surface area contributed by atoms with Gasteiger partial charge in [-0.3, -0.25) is 4.79 Å². The fraction of sp³-hybridized carbons (Fsp3) is 0.250. The number of carbonyl (C=O) groups excluding carboxylic acids is 1. The van der Waals surface area contributed by atoms with E-state index < -0.39 is 0 Å². The lowest BCUT2D eigenvalue weighted by atomic mass is 10.2. The van der Waals surface area contributed by atoms with E-state index in [0.29, 0.717) is 17.8 Å². The van der Waals surface area contributed by atoms with Gasteiger partial charge in [0.2, 0.25) is 0 Å². The maximum Gasteiger partial charge on any atom is 0.268 e. The fourth-order valence-electron chi connectivity index (χ4n) is 2.29. The van der Waals surface area contributed by atoms with Crippen LogP contribution in [0.5, 0.6) is 0 Å². The van der Waals surface area contributed by atoms with Crippen molar-refractivity contribution >= 4 is 16.8 Å². The lowest BCUT2D eigenvalue weighted by Crippen LogP contribution is -2.37. The van der Waals surface area contributed by atoms with Crippen molar-refractivity contribution in [2.75, 3.05) is 6.54 Å². The predicted octanol–water partition coefficient (Wildman–Crippen LogP) is 2.08. The molecule has 1 amide bonds. The molecule has 1 N–H and O–H groups in total. The Bertz CT molecular complexity index is 588. The first kappa shape index (κ1) is 9.39. The van der Waals surface area contributed by atoms with E-state index in [1.807, 2.05) is 13.0 Å². The molecule has 3 rings (SSSR count). The number of amides is 1. The molecule has 0 radical (unpaired) electrons. The zero-order valence-electron chi connectivity index (χ0n) is 8.83. The third-order valence-corrected chi connectivity index (χ3v) is 3.04. The molecule has 82 valence electrons. The number of benzene rings is 1. The molecule has 0 spiro atoms. The van der Waals surface area contributed by atoms with Gasteiger partial charge in [0.15, 0.2) is 0 Å². The van der Waals surface area contributed by atoms with Gasteiger partial charge in [0.05, 0.1) is 5.52 Å². The zero-order chi connectivity index (χ0) is 11.3. The second-order valence-corrected chi connectivity index (χ2v) is 4.14. The smallest absolute Gasteiger partial charge is 0.268 e. The molecule has 0 saturated heterocycles. The van der Waals surface area contributed by atoms with E-state index in [2.05, 4.69) is 5.32 Å². The molecule has 2 aromatic rings. The summed E-state index contributed by atoms with van der Waals surface area (Å²) < 4.78 is 15.5. The van der Waals surface area contributed by atoms with Crippen LogP contribution in [0.4, 0.5) is 4.39 Å². The van der Waals surface area contributed by atoms with E-state index in [9.17, 15) is 9.18 Å². The minimum atomic E-state index is -0.273. The molecule has 1 aromatic heterocycles. The third-order valence-electron chi connectivity index (χ3n) is 3.04. The highest BCUT2D eigenvalue weighted by Gasteiger charge is 2.25. The molecule has 2 heterocycles. The first-order chi connectivity index (χ1) is 7.68. The Morgan fingerprint density at radius 1 is 1.50 bits per heavy atom. The van der Waals surface area contributed by atoms with E-state index in [1.54, 1.807) is 16.7 Å². The van der Waals surface area contributed by atoms with Gasteiger partial charge in [-0.15, -0.1) is 0 Å². The molecule has 0 unspecified atom stereocenters. The number of aromatic nitrogens is 1. The summed E-state index contributed by atoms with van der Waals surface area (Å²) >= 11 is 0. The lowest BCUT2D eigenvalue weighted by molar-refractivity contribution is 0.0919. The summed E-state index contributed by atoms with van der Waals surface area (Å²) in [5.74, 6) is -0.404. The first-order valence-corrected chi connectivity index (χ1v) is 5.26. The van der Waals surface area contributed by atoms with Crippen LogP contribution in [0.25, 0.3) is 10.9 Å². The van der Waals surface area contributed by atoms with Crippen molar-refractivity contribution in [2.45, 2.75) is 13.0 Å². The molecule has 0 saturated carbocycles. The second kappa shape index (κ2) is 3.07. The van der Waals surface area contributed by atoms with Crippen molar-refractivity contribution in [1.29, 1.82) is 0 Å². The van der Waals surface area contributed by atoms with Crippen molar-refractivity contribution < 1.29 is 9.18 Å². The highest BCUT2D eigenvalue weighted by atomic mass is 19.1. The number of rotatable bonds is 0. The molecule has 1 aliphatic rings. The van der Waals surface area contributed by atoms with Crippen molar-refractivity contribution in [3.8, 4) is 0 Å². The number of fused-ring (bicyclic) bond motifs is 3. The molecular formula is C12H11FN2O. The molecule has 1 aromatic carbocycles. The van der Waals surface area contributed by atoms with E-state index in [4.69, 9.17) is 0 Å². The quantitative estimate of drug-likeness (QED) is 0.721. The van der Waals surface area contributed by atoms with Gasteiger partial charge in [0, 0.05) is 18.0 Å². The van der Waals surface area contributed by atoms with Crippen LogP contribution in [0, 0.1) is 5.82 Å². The molecule has 1 atom stereocenters. The number of nitrogens with zero attached hydrogens (tertiary/aromatic N) is 1. The van der Waals surface area contributed by atoms with Crippen molar-refractivity contribution in [1.82, 2.24) is 9.88 Å². The summed E-state index contributed by atoms with van der Waals surface area (Å²) in [6.07, 6.45) is 0. The lowest BCUT2D eigenvalue weighted by Gasteiger charge is -2.24. The van der Waals surface area contributed by atoms with Crippen molar-refractivity contribution in [2.24, 2.45) is 0 Å². The number of halogens is 1. The predicted molar refractivity (Wildman–Crippen MR) is 58.9 cm³/mol. The largest absolute Gasteiger partial charge is 0.349 e. The third kappa shape index (κ3) is 1.10. The van der Waals surface area contributed by atoms with E-state index in [1.165, 1.54) is 6.07 Å². The van der Waals surface area contributed by atoms with E-state index >= 15 is 0 Å². The van der Waals surface area contributed by atoms with Crippen LogP contribution in [0.1, 0.15) is 23.5 Å². The van der Waals surface area contributed by atoms with Crippen molar-refractivity contribution in [3.63, 3.8) is 0 Å². The van der Waals surface area contributed by atoms with Gasteiger partial charge in [-0.1, -0.05) is 12.1 Å². The highest BCUT2D eigenvalue weighted by molar-refractivity contribution is 5.99. The minimum Gasteiger partial charge on any atom is -0.349 e. The zero-order valence-corrected chi connectivity index (χ0v) is 8.83. The molecule has 0 bridgehead atoms. The van der Waals surface area contributed by atoms with Crippen LogP contribution >= 0.6 is 0 Å². The van der Waals surface area contributed by atoms with Crippen LogP contribution < -0.4 is 5.32 Å². The summed E-state index contributed by atoms with van der Waals surface area (Å²) in [5.41, 5.74) is 1.07.